The van der Waals surface area contributed by atoms with Gasteiger partial charge in [0.15, 0.2) is 0 Å². The maximum atomic E-state index is 13.0. The molecule has 1 aliphatic rings. The van der Waals surface area contributed by atoms with Crippen LogP contribution in [0.3, 0.4) is 0 Å². The summed E-state index contributed by atoms with van der Waals surface area (Å²) in [5.41, 5.74) is 8.10. The highest BCUT2D eigenvalue weighted by Gasteiger charge is 2.35. The Morgan fingerprint density at radius 3 is 2.75 bits per heavy atom. The van der Waals surface area contributed by atoms with E-state index in [1.807, 2.05) is 38.1 Å². The number of aryl methyl sites for hydroxylation is 1. The van der Waals surface area contributed by atoms with Crippen molar-refractivity contribution in [2.24, 2.45) is 5.73 Å². The molecule has 2 heterocycles. The highest BCUT2D eigenvalue weighted by Crippen LogP contribution is 2.42. The molecule has 0 aliphatic carbocycles. The summed E-state index contributed by atoms with van der Waals surface area (Å²) in [6.45, 7) is 4.30. The number of hydrogen-bond acceptors (Lipinski definition) is 4. The molecule has 1 atom stereocenters. The van der Waals surface area contributed by atoms with E-state index in [9.17, 15) is 10.1 Å². The molecule has 0 unspecified atom stereocenters. The maximum Gasteiger partial charge on any atom is 0.258 e. The molecule has 2 aromatic rings. The molecule has 0 spiro atoms. The van der Waals surface area contributed by atoms with Crippen molar-refractivity contribution in [3.8, 4) is 11.8 Å². The van der Waals surface area contributed by atoms with Gasteiger partial charge in [-0.25, -0.2) is 0 Å². The fourth-order valence-electron chi connectivity index (χ4n) is 3.10. The Kier molecular flexibility index (Phi) is 4.20. The Morgan fingerprint density at radius 1 is 1.42 bits per heavy atom. The largest absolute Gasteiger partial charge is 0.440 e. The highest BCUT2D eigenvalue weighted by molar-refractivity contribution is 9.10. The standard InChI is InChI=1S/C18H16BrN3O2/c1-3-22-10(2)8-14-16(18(22)23)15(12(9-20)17(21)24-14)11-6-4-5-7-13(11)19/h4-8,15H,3,21H2,1-2H3/t15-/m1/s1. The summed E-state index contributed by atoms with van der Waals surface area (Å²) in [6.07, 6.45) is 0. The average Bonchev–Trinajstić information content (AvgIpc) is 2.54. The molecule has 0 radical (unpaired) electrons. The summed E-state index contributed by atoms with van der Waals surface area (Å²) >= 11 is 3.51. The fourth-order valence-corrected chi connectivity index (χ4v) is 3.61. The maximum absolute atomic E-state index is 13.0. The first-order valence-corrected chi connectivity index (χ1v) is 8.35. The van der Waals surface area contributed by atoms with Crippen molar-refractivity contribution in [2.45, 2.75) is 26.3 Å². The van der Waals surface area contributed by atoms with Crippen LogP contribution in [0.5, 0.6) is 5.75 Å². The third-order valence-corrected chi connectivity index (χ3v) is 4.94. The first kappa shape index (κ1) is 16.3. The van der Waals surface area contributed by atoms with Gasteiger partial charge in [-0.1, -0.05) is 34.1 Å². The van der Waals surface area contributed by atoms with Crippen molar-refractivity contribution in [3.63, 3.8) is 0 Å². The van der Waals surface area contributed by atoms with Gasteiger partial charge in [-0.05, 0) is 25.5 Å². The lowest BCUT2D eigenvalue weighted by molar-refractivity contribution is 0.388. The zero-order valence-corrected chi connectivity index (χ0v) is 14.9. The lowest BCUT2D eigenvalue weighted by atomic mass is 9.84. The molecule has 3 rings (SSSR count). The quantitative estimate of drug-likeness (QED) is 0.860. The number of fused-ring (bicyclic) bond motifs is 1. The van der Waals surface area contributed by atoms with Crippen LogP contribution < -0.4 is 16.0 Å². The van der Waals surface area contributed by atoms with Gasteiger partial charge in [0.25, 0.3) is 5.56 Å². The van der Waals surface area contributed by atoms with Crippen LogP contribution in [-0.4, -0.2) is 4.57 Å². The predicted octanol–water partition coefficient (Wildman–Crippen LogP) is 3.16. The molecule has 6 heteroatoms. The molecule has 0 amide bonds. The number of pyridine rings is 1. The normalized spacial score (nSPS) is 16.3. The molecule has 2 N–H and O–H groups in total. The van der Waals surface area contributed by atoms with E-state index in [4.69, 9.17) is 10.5 Å². The Morgan fingerprint density at radius 2 is 2.12 bits per heavy atom. The van der Waals surface area contributed by atoms with E-state index in [1.54, 1.807) is 10.6 Å². The molecular formula is C18H16BrN3O2. The van der Waals surface area contributed by atoms with Gasteiger partial charge in [0.05, 0.1) is 11.5 Å². The van der Waals surface area contributed by atoms with Crippen LogP contribution in [0.4, 0.5) is 0 Å². The van der Waals surface area contributed by atoms with Crippen LogP contribution in [0.15, 0.2) is 51.1 Å². The number of halogens is 1. The van der Waals surface area contributed by atoms with Gasteiger partial charge in [-0.3, -0.25) is 4.79 Å². The van der Waals surface area contributed by atoms with E-state index >= 15 is 0 Å². The molecule has 1 aromatic carbocycles. The second-order valence-corrected chi connectivity index (χ2v) is 6.41. The number of ether oxygens (including phenoxy) is 1. The first-order chi connectivity index (χ1) is 11.5. The molecule has 1 aromatic heterocycles. The molecule has 0 saturated carbocycles. The van der Waals surface area contributed by atoms with Crippen molar-refractivity contribution in [1.82, 2.24) is 4.57 Å². The summed E-state index contributed by atoms with van der Waals surface area (Å²) in [5.74, 6) is -0.0986. The average molecular weight is 386 g/mol. The van der Waals surface area contributed by atoms with Crippen molar-refractivity contribution < 1.29 is 4.74 Å². The minimum absolute atomic E-state index is 0.0406. The molecule has 1 aliphatic heterocycles. The zero-order chi connectivity index (χ0) is 17.4. The van der Waals surface area contributed by atoms with Gasteiger partial charge in [-0.2, -0.15) is 5.26 Å². The molecule has 0 saturated heterocycles. The second kappa shape index (κ2) is 6.17. The Labute approximate surface area is 148 Å². The number of benzene rings is 1. The van der Waals surface area contributed by atoms with E-state index in [0.717, 1.165) is 15.7 Å². The van der Waals surface area contributed by atoms with Crippen molar-refractivity contribution in [3.05, 3.63) is 73.4 Å². The van der Waals surface area contributed by atoms with E-state index in [0.29, 0.717) is 17.9 Å². The summed E-state index contributed by atoms with van der Waals surface area (Å²) < 4.78 is 8.08. The Bertz CT molecular complexity index is 954. The van der Waals surface area contributed by atoms with E-state index < -0.39 is 5.92 Å². The van der Waals surface area contributed by atoms with E-state index in [1.165, 1.54) is 0 Å². The van der Waals surface area contributed by atoms with Crippen LogP contribution >= 0.6 is 15.9 Å². The van der Waals surface area contributed by atoms with Crippen LogP contribution in [0.2, 0.25) is 0 Å². The lowest BCUT2D eigenvalue weighted by Gasteiger charge is -2.27. The highest BCUT2D eigenvalue weighted by atomic mass is 79.9. The number of aromatic nitrogens is 1. The number of hydrogen-bond donors (Lipinski definition) is 1. The summed E-state index contributed by atoms with van der Waals surface area (Å²) in [5, 5.41) is 9.59. The SMILES string of the molecule is CCn1c(C)cc2c(c1=O)[C@H](c1ccccc1Br)C(C#N)=C(N)O2. The van der Waals surface area contributed by atoms with Crippen LogP contribution in [0.25, 0.3) is 0 Å². The number of nitrogens with two attached hydrogens (primary N) is 1. The molecule has 5 nitrogen and oxygen atoms in total. The minimum atomic E-state index is -0.555. The summed E-state index contributed by atoms with van der Waals surface area (Å²) in [4.78, 5) is 13.0. The predicted molar refractivity (Wildman–Crippen MR) is 94.6 cm³/mol. The molecule has 24 heavy (non-hydrogen) atoms. The van der Waals surface area contributed by atoms with Crippen LogP contribution in [-0.2, 0) is 6.54 Å². The third-order valence-electron chi connectivity index (χ3n) is 4.22. The topological polar surface area (TPSA) is 81.0 Å². The Balaban J connectivity index is 2.39. The molecule has 122 valence electrons. The van der Waals surface area contributed by atoms with Gasteiger partial charge >= 0.3 is 0 Å². The summed E-state index contributed by atoms with van der Waals surface area (Å²) in [6, 6.07) is 11.4. The van der Waals surface area contributed by atoms with Crippen molar-refractivity contribution in [1.29, 1.82) is 5.26 Å². The molecule has 0 fully saturated rings. The fraction of sp³-hybridized carbons (Fsp3) is 0.222. The van der Waals surface area contributed by atoms with Crippen molar-refractivity contribution in [2.75, 3.05) is 0 Å². The number of nitrogens with zero attached hydrogens (tertiary/aromatic N) is 2. The van der Waals surface area contributed by atoms with Gasteiger partial charge in [0.1, 0.15) is 17.4 Å². The smallest absolute Gasteiger partial charge is 0.258 e. The van der Waals surface area contributed by atoms with Crippen molar-refractivity contribution >= 4 is 15.9 Å². The number of nitriles is 1. The zero-order valence-electron chi connectivity index (χ0n) is 13.3. The van der Waals surface area contributed by atoms with Gasteiger partial charge in [0, 0.05) is 22.8 Å². The molecular weight excluding hydrogens is 370 g/mol. The molecule has 0 bridgehead atoms. The minimum Gasteiger partial charge on any atom is -0.440 e. The Hall–Kier alpha value is -2.52. The third kappa shape index (κ3) is 2.42. The van der Waals surface area contributed by atoms with Crippen LogP contribution in [0.1, 0.15) is 29.7 Å². The van der Waals surface area contributed by atoms with Gasteiger partial charge < -0.3 is 15.0 Å². The first-order valence-electron chi connectivity index (χ1n) is 7.55. The monoisotopic (exact) mass is 385 g/mol. The van der Waals surface area contributed by atoms with E-state index in [-0.39, 0.29) is 17.0 Å². The van der Waals surface area contributed by atoms with Crippen LogP contribution in [0, 0.1) is 18.3 Å². The number of rotatable bonds is 2. The second-order valence-electron chi connectivity index (χ2n) is 5.56. The van der Waals surface area contributed by atoms with Gasteiger partial charge in [0.2, 0.25) is 5.88 Å². The van der Waals surface area contributed by atoms with Gasteiger partial charge in [-0.15, -0.1) is 0 Å². The summed E-state index contributed by atoms with van der Waals surface area (Å²) in [7, 11) is 0. The van der Waals surface area contributed by atoms with E-state index in [2.05, 4.69) is 22.0 Å². The lowest BCUT2D eigenvalue weighted by Crippen LogP contribution is -2.32. The number of allylic oxidation sites excluding steroid dienone is 1.